The molecule has 1 unspecified atom stereocenters. The van der Waals surface area contributed by atoms with Crippen LogP contribution in [0, 0.1) is 11.8 Å². The molecular weight excluding hydrogens is 364 g/mol. The lowest BCUT2D eigenvalue weighted by atomic mass is 9.73. The first-order valence-electron chi connectivity index (χ1n) is 10.2. The number of fused-ring (bicyclic) bond motifs is 4. The number of aromatic nitrogens is 1. The zero-order chi connectivity index (χ0) is 19.8. The number of carbonyl (C=O) groups excluding carboxylic acids is 1. The SMILES string of the molecule is C=C[C@H]1CN2CC[C@H]1C[C@@H]2[C@H](OC(=O)c1ccco1)c1ccnc2ccccc12. The third kappa shape index (κ3) is 3.25. The molecule has 3 aliphatic rings. The van der Waals surface area contributed by atoms with E-state index in [0.29, 0.717) is 11.8 Å². The number of carbonyl (C=O) groups is 1. The largest absolute Gasteiger partial charge is 0.457 e. The fourth-order valence-corrected chi connectivity index (χ4v) is 4.98. The van der Waals surface area contributed by atoms with Crippen molar-refractivity contribution in [3.05, 3.63) is 78.9 Å². The zero-order valence-corrected chi connectivity index (χ0v) is 16.2. The Kier molecular flexibility index (Phi) is 4.68. The smallest absolute Gasteiger partial charge is 0.374 e. The number of benzene rings is 1. The van der Waals surface area contributed by atoms with Crippen LogP contribution in [0.4, 0.5) is 0 Å². The number of hydrogen-bond donors (Lipinski definition) is 0. The van der Waals surface area contributed by atoms with Crippen LogP contribution in [0.3, 0.4) is 0 Å². The minimum Gasteiger partial charge on any atom is -0.457 e. The summed E-state index contributed by atoms with van der Waals surface area (Å²) >= 11 is 0. The molecule has 5 heteroatoms. The Morgan fingerprint density at radius 2 is 2.17 bits per heavy atom. The van der Waals surface area contributed by atoms with E-state index < -0.39 is 5.97 Å². The molecule has 0 aliphatic carbocycles. The van der Waals surface area contributed by atoms with Gasteiger partial charge in [0.25, 0.3) is 0 Å². The number of pyridine rings is 1. The highest BCUT2D eigenvalue weighted by atomic mass is 16.6. The number of furan rings is 1. The number of ether oxygens (including phenoxy) is 1. The summed E-state index contributed by atoms with van der Waals surface area (Å²) in [5.74, 6) is 0.896. The van der Waals surface area contributed by atoms with E-state index in [-0.39, 0.29) is 17.9 Å². The Morgan fingerprint density at radius 3 is 2.93 bits per heavy atom. The number of para-hydroxylation sites is 1. The van der Waals surface area contributed by atoms with Gasteiger partial charge in [0.1, 0.15) is 6.10 Å². The van der Waals surface area contributed by atoms with E-state index >= 15 is 0 Å². The molecule has 3 aromatic rings. The van der Waals surface area contributed by atoms with Crippen LogP contribution >= 0.6 is 0 Å². The molecule has 5 nitrogen and oxygen atoms in total. The normalized spacial score (nSPS) is 26.9. The Morgan fingerprint density at radius 1 is 1.28 bits per heavy atom. The molecular formula is C24H24N2O3. The molecule has 6 rings (SSSR count). The minimum atomic E-state index is -0.427. The highest BCUT2D eigenvalue weighted by Gasteiger charge is 2.44. The lowest BCUT2D eigenvalue weighted by Crippen LogP contribution is -2.55. The van der Waals surface area contributed by atoms with Crippen molar-refractivity contribution in [3.8, 4) is 0 Å². The van der Waals surface area contributed by atoms with Gasteiger partial charge in [-0.2, -0.15) is 0 Å². The molecule has 0 radical (unpaired) electrons. The molecule has 2 aromatic heterocycles. The lowest BCUT2D eigenvalue weighted by molar-refractivity contribution is -0.0578. The number of hydrogen-bond acceptors (Lipinski definition) is 5. The molecule has 0 spiro atoms. The molecule has 5 atom stereocenters. The fraction of sp³-hybridized carbons (Fsp3) is 0.333. The van der Waals surface area contributed by atoms with E-state index in [1.165, 1.54) is 12.7 Å². The van der Waals surface area contributed by atoms with Crippen LogP contribution in [0.15, 0.2) is 72.0 Å². The van der Waals surface area contributed by atoms with Crippen LogP contribution in [0.2, 0.25) is 0 Å². The topological polar surface area (TPSA) is 55.6 Å². The second kappa shape index (κ2) is 7.48. The van der Waals surface area contributed by atoms with Gasteiger partial charge in [0, 0.05) is 23.7 Å². The second-order valence-electron chi connectivity index (χ2n) is 7.97. The minimum absolute atomic E-state index is 0.134. The number of nitrogens with zero attached hydrogens (tertiary/aromatic N) is 2. The third-order valence-corrected chi connectivity index (χ3v) is 6.45. The first kappa shape index (κ1) is 18.1. The first-order valence-corrected chi connectivity index (χ1v) is 10.2. The van der Waals surface area contributed by atoms with Gasteiger partial charge in [-0.3, -0.25) is 9.88 Å². The van der Waals surface area contributed by atoms with E-state index in [9.17, 15) is 4.79 Å². The van der Waals surface area contributed by atoms with Crippen molar-refractivity contribution in [2.45, 2.75) is 25.0 Å². The van der Waals surface area contributed by atoms with Crippen molar-refractivity contribution in [3.63, 3.8) is 0 Å². The van der Waals surface area contributed by atoms with Crippen molar-refractivity contribution < 1.29 is 13.9 Å². The second-order valence-corrected chi connectivity index (χ2v) is 7.97. The molecule has 148 valence electrons. The van der Waals surface area contributed by atoms with Crippen molar-refractivity contribution in [1.29, 1.82) is 0 Å². The maximum atomic E-state index is 12.8. The molecule has 0 amide bonds. The Labute approximate surface area is 170 Å². The van der Waals surface area contributed by atoms with Gasteiger partial charge in [-0.25, -0.2) is 4.79 Å². The molecule has 2 bridgehead atoms. The summed E-state index contributed by atoms with van der Waals surface area (Å²) in [6, 6.07) is 13.5. The molecule has 5 heterocycles. The molecule has 3 aliphatic heterocycles. The maximum absolute atomic E-state index is 12.8. The summed E-state index contributed by atoms with van der Waals surface area (Å²) < 4.78 is 11.4. The van der Waals surface area contributed by atoms with Crippen LogP contribution in [0.25, 0.3) is 10.9 Å². The van der Waals surface area contributed by atoms with E-state index in [0.717, 1.165) is 36.0 Å². The molecule has 1 aromatic carbocycles. The monoisotopic (exact) mass is 388 g/mol. The standard InChI is InChI=1S/C24H24N2O3/c1-2-16-15-26-12-10-17(16)14-21(26)23(29-24(27)22-8-5-13-28-22)19-9-11-25-20-7-4-3-6-18(19)20/h2-9,11,13,16-17,21,23H,1,10,12,14-15H2/t16-,17-,21+,23+/m0/s1. The van der Waals surface area contributed by atoms with Crippen LogP contribution in [-0.4, -0.2) is 35.0 Å². The van der Waals surface area contributed by atoms with Gasteiger partial charge in [-0.15, -0.1) is 6.58 Å². The van der Waals surface area contributed by atoms with Gasteiger partial charge in [0.15, 0.2) is 0 Å². The van der Waals surface area contributed by atoms with Crippen LogP contribution < -0.4 is 0 Å². The van der Waals surface area contributed by atoms with Gasteiger partial charge in [0.2, 0.25) is 5.76 Å². The zero-order valence-electron chi connectivity index (χ0n) is 16.2. The van der Waals surface area contributed by atoms with Gasteiger partial charge in [-0.1, -0.05) is 24.3 Å². The van der Waals surface area contributed by atoms with Gasteiger partial charge >= 0.3 is 5.97 Å². The number of rotatable bonds is 5. The van der Waals surface area contributed by atoms with Crippen LogP contribution in [0.1, 0.15) is 35.1 Å². The average molecular weight is 388 g/mol. The molecule has 3 fully saturated rings. The summed E-state index contributed by atoms with van der Waals surface area (Å²) in [7, 11) is 0. The molecule has 0 saturated carbocycles. The number of esters is 1. The number of piperidine rings is 3. The third-order valence-electron chi connectivity index (χ3n) is 6.45. The highest BCUT2D eigenvalue weighted by molar-refractivity contribution is 5.87. The molecule has 3 saturated heterocycles. The van der Waals surface area contributed by atoms with Crippen molar-refractivity contribution >= 4 is 16.9 Å². The van der Waals surface area contributed by atoms with Crippen molar-refractivity contribution in [2.75, 3.05) is 13.1 Å². The Hall–Kier alpha value is -2.92. The summed E-state index contributed by atoms with van der Waals surface area (Å²) in [6.07, 6.45) is 7.16. The first-order chi connectivity index (χ1) is 14.2. The fourth-order valence-electron chi connectivity index (χ4n) is 4.98. The van der Waals surface area contributed by atoms with E-state index in [1.54, 1.807) is 18.3 Å². The predicted molar refractivity (Wildman–Crippen MR) is 110 cm³/mol. The molecule has 0 N–H and O–H groups in total. The molecule has 29 heavy (non-hydrogen) atoms. The van der Waals surface area contributed by atoms with Crippen molar-refractivity contribution in [2.24, 2.45) is 11.8 Å². The maximum Gasteiger partial charge on any atom is 0.374 e. The quantitative estimate of drug-likeness (QED) is 0.471. The summed E-state index contributed by atoms with van der Waals surface area (Å²) in [5, 5.41) is 1.02. The summed E-state index contributed by atoms with van der Waals surface area (Å²) in [4.78, 5) is 19.8. The van der Waals surface area contributed by atoms with Gasteiger partial charge in [0.05, 0.1) is 17.8 Å². The van der Waals surface area contributed by atoms with E-state index in [1.807, 2.05) is 30.3 Å². The van der Waals surface area contributed by atoms with Gasteiger partial charge in [-0.05, 0) is 55.5 Å². The van der Waals surface area contributed by atoms with Crippen LogP contribution in [0.5, 0.6) is 0 Å². The lowest BCUT2D eigenvalue weighted by Gasteiger charge is -2.51. The van der Waals surface area contributed by atoms with Gasteiger partial charge < -0.3 is 9.15 Å². The van der Waals surface area contributed by atoms with E-state index in [2.05, 4.69) is 22.5 Å². The highest BCUT2D eigenvalue weighted by Crippen LogP contribution is 2.43. The van der Waals surface area contributed by atoms with Crippen molar-refractivity contribution in [1.82, 2.24) is 9.88 Å². The Balaban J connectivity index is 1.55. The van der Waals surface area contributed by atoms with Crippen LogP contribution in [-0.2, 0) is 4.74 Å². The summed E-state index contributed by atoms with van der Waals surface area (Å²) in [6.45, 7) is 6.02. The average Bonchev–Trinajstić information content (AvgIpc) is 3.32. The Bertz CT molecular complexity index is 1020. The predicted octanol–water partition coefficient (Wildman–Crippen LogP) is 4.62. The van der Waals surface area contributed by atoms with E-state index in [4.69, 9.17) is 9.15 Å². The summed E-state index contributed by atoms with van der Waals surface area (Å²) in [5.41, 5.74) is 1.91.